The maximum absolute atomic E-state index is 12.9. The lowest BCUT2D eigenvalue weighted by molar-refractivity contribution is -0.0591. The summed E-state index contributed by atoms with van der Waals surface area (Å²) < 4.78 is 17.0. The second kappa shape index (κ2) is 12.2. The minimum Gasteiger partial charge on any atom is -0.496 e. The molecule has 2 aliphatic rings. The predicted octanol–water partition coefficient (Wildman–Crippen LogP) is 1.59. The minimum absolute atomic E-state index is 0.0175. The highest BCUT2D eigenvalue weighted by Gasteiger charge is 2.28. The standard InChI is InChI=1S/C26H35N3O5/c1-32-25-10-6-5-9-24(25)26(31)29-13-11-27(12-14-29)18-23-19-28(15-16-33-23)17-21(30)20-34-22-7-3-2-4-8-22/h2-10,21,23,30H,11-20H2,1H3. The third kappa shape index (κ3) is 6.70. The van der Waals surface area contributed by atoms with Crippen LogP contribution in [0.4, 0.5) is 0 Å². The second-order valence-corrected chi connectivity index (χ2v) is 8.82. The van der Waals surface area contributed by atoms with E-state index in [0.29, 0.717) is 37.6 Å². The van der Waals surface area contributed by atoms with Gasteiger partial charge in [-0.2, -0.15) is 0 Å². The van der Waals surface area contributed by atoms with Crippen LogP contribution in [0.25, 0.3) is 0 Å². The molecule has 0 radical (unpaired) electrons. The lowest BCUT2D eigenvalue weighted by Gasteiger charge is -2.39. The van der Waals surface area contributed by atoms with E-state index in [1.54, 1.807) is 7.11 Å². The zero-order chi connectivity index (χ0) is 23.8. The van der Waals surface area contributed by atoms with Crippen LogP contribution < -0.4 is 9.47 Å². The van der Waals surface area contributed by atoms with E-state index in [0.717, 1.165) is 38.5 Å². The van der Waals surface area contributed by atoms with Crippen LogP contribution in [-0.2, 0) is 4.74 Å². The molecule has 2 aromatic rings. The van der Waals surface area contributed by atoms with Crippen LogP contribution in [0.1, 0.15) is 10.4 Å². The van der Waals surface area contributed by atoms with E-state index in [4.69, 9.17) is 14.2 Å². The van der Waals surface area contributed by atoms with Gasteiger partial charge in [0, 0.05) is 52.4 Å². The highest BCUT2D eigenvalue weighted by Crippen LogP contribution is 2.20. The molecule has 2 aliphatic heterocycles. The summed E-state index contributed by atoms with van der Waals surface area (Å²) in [5, 5.41) is 10.4. The van der Waals surface area contributed by atoms with E-state index in [2.05, 4.69) is 9.80 Å². The first kappa shape index (κ1) is 24.5. The number of carbonyl (C=O) groups is 1. The van der Waals surface area contributed by atoms with Crippen molar-refractivity contribution in [3.05, 3.63) is 60.2 Å². The van der Waals surface area contributed by atoms with Crippen LogP contribution in [0, 0.1) is 0 Å². The summed E-state index contributed by atoms with van der Waals surface area (Å²) in [6.45, 7) is 6.90. The van der Waals surface area contributed by atoms with Gasteiger partial charge < -0.3 is 24.2 Å². The fourth-order valence-corrected chi connectivity index (χ4v) is 4.53. The Kier molecular flexibility index (Phi) is 8.76. The number of piperazine rings is 1. The molecule has 0 saturated carbocycles. The molecule has 2 unspecified atom stereocenters. The smallest absolute Gasteiger partial charge is 0.257 e. The molecule has 1 amide bonds. The third-order valence-corrected chi connectivity index (χ3v) is 6.34. The Balaban J connectivity index is 1.19. The minimum atomic E-state index is -0.552. The molecule has 1 N–H and O–H groups in total. The topological polar surface area (TPSA) is 74.7 Å². The fraction of sp³-hybridized carbons (Fsp3) is 0.500. The Hall–Kier alpha value is -2.65. The molecule has 2 saturated heterocycles. The summed E-state index contributed by atoms with van der Waals surface area (Å²) >= 11 is 0. The van der Waals surface area contributed by atoms with Gasteiger partial charge in [0.25, 0.3) is 5.91 Å². The number of benzene rings is 2. The number of aliphatic hydroxyl groups excluding tert-OH is 1. The monoisotopic (exact) mass is 469 g/mol. The number of ether oxygens (including phenoxy) is 3. The van der Waals surface area contributed by atoms with Crippen molar-refractivity contribution in [2.75, 3.05) is 72.7 Å². The highest BCUT2D eigenvalue weighted by molar-refractivity contribution is 5.97. The van der Waals surface area contributed by atoms with E-state index in [1.807, 2.05) is 59.5 Å². The Labute approximate surface area is 201 Å². The first-order valence-electron chi connectivity index (χ1n) is 12.0. The van der Waals surface area contributed by atoms with Gasteiger partial charge in [0.05, 0.1) is 25.4 Å². The third-order valence-electron chi connectivity index (χ3n) is 6.34. The van der Waals surface area contributed by atoms with Crippen LogP contribution in [0.3, 0.4) is 0 Å². The molecular weight excluding hydrogens is 434 g/mol. The average Bonchev–Trinajstić information content (AvgIpc) is 2.88. The molecule has 2 heterocycles. The van der Waals surface area contributed by atoms with E-state index in [9.17, 15) is 9.90 Å². The Morgan fingerprint density at radius 2 is 1.76 bits per heavy atom. The quantitative estimate of drug-likeness (QED) is 0.598. The van der Waals surface area contributed by atoms with Crippen molar-refractivity contribution >= 4 is 5.91 Å². The van der Waals surface area contributed by atoms with Crippen LogP contribution in [0.5, 0.6) is 11.5 Å². The molecule has 2 aromatic carbocycles. The van der Waals surface area contributed by atoms with Crippen LogP contribution in [0.15, 0.2) is 54.6 Å². The summed E-state index contributed by atoms with van der Waals surface area (Å²) in [7, 11) is 1.59. The number of morpholine rings is 1. The number of hydrogen-bond acceptors (Lipinski definition) is 7. The summed E-state index contributed by atoms with van der Waals surface area (Å²) in [6.07, 6.45) is -0.462. The van der Waals surface area contributed by atoms with E-state index < -0.39 is 6.10 Å². The molecule has 2 atom stereocenters. The first-order valence-corrected chi connectivity index (χ1v) is 12.0. The normalized spacial score (nSPS) is 20.6. The fourth-order valence-electron chi connectivity index (χ4n) is 4.53. The van der Waals surface area contributed by atoms with E-state index >= 15 is 0 Å². The van der Waals surface area contributed by atoms with Crippen molar-refractivity contribution in [3.8, 4) is 11.5 Å². The molecule has 0 bridgehead atoms. The van der Waals surface area contributed by atoms with Gasteiger partial charge in [-0.05, 0) is 24.3 Å². The number of amides is 1. The van der Waals surface area contributed by atoms with Crippen molar-refractivity contribution in [3.63, 3.8) is 0 Å². The lowest BCUT2D eigenvalue weighted by Crippen LogP contribution is -2.54. The zero-order valence-corrected chi connectivity index (χ0v) is 19.8. The van der Waals surface area contributed by atoms with Crippen LogP contribution in [0.2, 0.25) is 0 Å². The summed E-state index contributed by atoms with van der Waals surface area (Å²) in [5.41, 5.74) is 0.611. The molecular formula is C26H35N3O5. The molecule has 34 heavy (non-hydrogen) atoms. The van der Waals surface area contributed by atoms with E-state index in [1.165, 1.54) is 0 Å². The number of hydrogen-bond donors (Lipinski definition) is 1. The predicted molar refractivity (Wildman–Crippen MR) is 129 cm³/mol. The van der Waals surface area contributed by atoms with Crippen LogP contribution >= 0.6 is 0 Å². The average molecular weight is 470 g/mol. The SMILES string of the molecule is COc1ccccc1C(=O)N1CCN(CC2CN(CC(O)COc3ccccc3)CCO2)CC1. The Morgan fingerprint density at radius 3 is 2.53 bits per heavy atom. The largest absolute Gasteiger partial charge is 0.496 e. The van der Waals surface area contributed by atoms with Gasteiger partial charge in [-0.15, -0.1) is 0 Å². The van der Waals surface area contributed by atoms with Crippen molar-refractivity contribution in [2.45, 2.75) is 12.2 Å². The van der Waals surface area contributed by atoms with Gasteiger partial charge >= 0.3 is 0 Å². The van der Waals surface area contributed by atoms with E-state index in [-0.39, 0.29) is 18.6 Å². The van der Waals surface area contributed by atoms with Crippen molar-refractivity contribution in [1.82, 2.24) is 14.7 Å². The maximum Gasteiger partial charge on any atom is 0.257 e. The lowest BCUT2D eigenvalue weighted by atomic mass is 10.1. The number of aliphatic hydroxyl groups is 1. The first-order chi connectivity index (χ1) is 16.6. The molecule has 8 heteroatoms. The second-order valence-electron chi connectivity index (χ2n) is 8.82. The molecule has 184 valence electrons. The Bertz CT molecular complexity index is 904. The van der Waals surface area contributed by atoms with Crippen molar-refractivity contribution in [2.24, 2.45) is 0 Å². The van der Waals surface area contributed by atoms with Crippen LogP contribution in [-0.4, -0.2) is 111 Å². The molecule has 2 fully saturated rings. The number of carbonyl (C=O) groups excluding carboxylic acids is 1. The van der Waals surface area contributed by atoms with Gasteiger partial charge in [0.2, 0.25) is 0 Å². The number of nitrogens with zero attached hydrogens (tertiary/aromatic N) is 3. The van der Waals surface area contributed by atoms with Gasteiger partial charge in [-0.25, -0.2) is 0 Å². The van der Waals surface area contributed by atoms with Crippen molar-refractivity contribution in [1.29, 1.82) is 0 Å². The number of β-amino-alcohol motifs (C(OH)–C–C–N with tert-alkyl or cyclic N) is 1. The van der Waals surface area contributed by atoms with Gasteiger partial charge in [-0.3, -0.25) is 14.6 Å². The maximum atomic E-state index is 12.9. The number of para-hydroxylation sites is 2. The Morgan fingerprint density at radius 1 is 1.03 bits per heavy atom. The highest BCUT2D eigenvalue weighted by atomic mass is 16.5. The number of methoxy groups -OCH3 is 1. The summed E-state index contributed by atoms with van der Waals surface area (Å²) in [4.78, 5) is 19.4. The molecule has 4 rings (SSSR count). The molecule has 0 spiro atoms. The molecule has 8 nitrogen and oxygen atoms in total. The zero-order valence-electron chi connectivity index (χ0n) is 19.8. The number of rotatable bonds is 9. The van der Waals surface area contributed by atoms with Gasteiger partial charge in [0.15, 0.2) is 0 Å². The van der Waals surface area contributed by atoms with Crippen molar-refractivity contribution < 1.29 is 24.1 Å². The molecule has 0 aromatic heterocycles. The van der Waals surface area contributed by atoms with Gasteiger partial charge in [-0.1, -0.05) is 30.3 Å². The molecule has 0 aliphatic carbocycles. The summed E-state index contributed by atoms with van der Waals surface area (Å²) in [5.74, 6) is 1.40. The summed E-state index contributed by atoms with van der Waals surface area (Å²) in [6, 6.07) is 16.9. The van der Waals surface area contributed by atoms with Gasteiger partial charge in [0.1, 0.15) is 24.2 Å².